The van der Waals surface area contributed by atoms with Crippen molar-refractivity contribution in [1.29, 1.82) is 0 Å². The Hall–Kier alpha value is -11.6. The summed E-state index contributed by atoms with van der Waals surface area (Å²) in [5, 5.41) is 0. The largest absolute Gasteiger partial charge is 0.221 e. The third-order valence-electron chi connectivity index (χ3n) is 23.0. The molecule has 0 saturated carbocycles. The Bertz CT molecular complexity index is 5930. The number of rotatable bonds is 28. The van der Waals surface area contributed by atoms with Crippen molar-refractivity contribution in [3.63, 3.8) is 0 Å². The molecule has 756 valence electrons. The number of hydrogen-bond acceptors (Lipinski definition) is 3. The van der Waals surface area contributed by atoms with Crippen LogP contribution in [0.4, 0.5) is 176 Å². The van der Waals surface area contributed by atoms with Gasteiger partial charge in [-0.3, -0.25) is 0 Å². The van der Waals surface area contributed by atoms with Crippen LogP contribution in [0.2, 0.25) is 0 Å². The first-order valence-electron chi connectivity index (χ1n) is 41.7. The van der Waals surface area contributed by atoms with E-state index in [1.807, 2.05) is 34.4 Å². The topological polar surface area (TPSA) is 0 Å². The highest BCUT2D eigenvalue weighted by molar-refractivity contribution is 8.04. The van der Waals surface area contributed by atoms with Gasteiger partial charge in [0.2, 0.25) is 8.42 Å². The van der Waals surface area contributed by atoms with E-state index in [-0.39, 0.29) is 21.8 Å². The van der Waals surface area contributed by atoms with E-state index < -0.39 is 289 Å². The first kappa shape index (κ1) is 110. The van der Waals surface area contributed by atoms with Crippen molar-refractivity contribution >= 4 is 112 Å². The van der Waals surface area contributed by atoms with E-state index in [2.05, 4.69) is 149 Å². The predicted molar refractivity (Wildman–Crippen MR) is 456 cm³/mol. The van der Waals surface area contributed by atoms with Crippen LogP contribution in [0.5, 0.6) is 0 Å². The quantitative estimate of drug-likeness (QED) is 0.0155. The minimum absolute atomic E-state index is 0.131. The minimum Gasteiger partial charge on any atom is -0.207 e. The van der Waals surface area contributed by atoms with Gasteiger partial charge in [-0.25, -0.2) is 176 Å². The van der Waals surface area contributed by atoms with Crippen LogP contribution >= 0.6 is 34.4 Å². The van der Waals surface area contributed by atoms with Crippen molar-refractivity contribution in [3.05, 3.63) is 376 Å². The SMILES string of the molecule is CCCCc1ccc([S+](c2ccc(CCCC)cc2)c2ccc(Sc3ccc([S+](c4ccc(CCCC)cc4)c4ccc(CCCC)cc4)s3)s2)cc1.Fc1c(F)c(F)c([B-](c2c(F)c(F)c(F)c(F)c2F)(c2c(F)c(F)c(F)c(F)c2F)c2c(F)c(F)c(F)c(F)c2F)c(F)c1F.Fc1c(F)c(F)c([B-](c2c(F)c(F)c(F)c(F)c2F)(c2c(F)c(F)c(F)c(F)c2F)c2c(F)c(F)c(F)c(F)c2F)c(F)c1F. The van der Waals surface area contributed by atoms with Gasteiger partial charge < -0.3 is 0 Å². The van der Waals surface area contributed by atoms with E-state index in [1.54, 1.807) is 0 Å². The highest BCUT2D eigenvalue weighted by Gasteiger charge is 2.56. The second kappa shape index (κ2) is 44.6. The van der Waals surface area contributed by atoms with Gasteiger partial charge >= 0.3 is 0 Å². The molecule has 0 spiro atoms. The van der Waals surface area contributed by atoms with Gasteiger partial charge in [0.25, 0.3) is 0 Å². The lowest BCUT2D eigenvalue weighted by molar-refractivity contribution is 0.377. The number of thiophene rings is 2. The molecule has 14 rings (SSSR count). The summed E-state index contributed by atoms with van der Waals surface area (Å²) in [5.41, 5.74) is -22.9. The van der Waals surface area contributed by atoms with Gasteiger partial charge in [-0.05, 0) is 134 Å². The Morgan fingerprint density at radius 2 is 0.301 bits per heavy atom. The molecule has 0 fully saturated rings. The smallest absolute Gasteiger partial charge is 0.207 e. The number of aryl methyl sites for hydroxylation is 4. The average molecular weight is 2150 g/mol. The highest BCUT2D eigenvalue weighted by atomic mass is 32.2. The second-order valence-corrected chi connectivity index (χ2v) is 39.7. The lowest BCUT2D eigenvalue weighted by Gasteiger charge is -2.44. The summed E-state index contributed by atoms with van der Waals surface area (Å²) in [6, 6.07) is 47.6. The highest BCUT2D eigenvalue weighted by Crippen LogP contribution is 2.47. The maximum atomic E-state index is 15.4. The number of halogens is 40. The minimum atomic E-state index is -7.22. The van der Waals surface area contributed by atoms with Crippen molar-refractivity contribution in [2.45, 2.75) is 141 Å². The van der Waals surface area contributed by atoms with Crippen LogP contribution in [-0.4, -0.2) is 12.3 Å². The molecule has 143 heavy (non-hydrogen) atoms. The van der Waals surface area contributed by atoms with E-state index >= 15 is 70.2 Å². The van der Waals surface area contributed by atoms with Crippen molar-refractivity contribution in [1.82, 2.24) is 0 Å². The zero-order chi connectivity index (χ0) is 106. The second-order valence-electron chi connectivity index (χ2n) is 31.5. The molecule has 0 N–H and O–H groups in total. The molecular formula is C96H56B2F40S5. The van der Waals surface area contributed by atoms with Crippen LogP contribution in [0, 0.1) is 233 Å². The first-order valence-corrected chi connectivity index (χ1v) is 46.6. The molecule has 0 aliphatic carbocycles. The summed E-state index contributed by atoms with van der Waals surface area (Å²) < 4.78 is 594. The summed E-state index contributed by atoms with van der Waals surface area (Å²) in [5.74, 6) is -143. The van der Waals surface area contributed by atoms with Crippen molar-refractivity contribution in [2.24, 2.45) is 0 Å². The normalized spacial score (nSPS) is 11.8. The maximum absolute atomic E-state index is 15.4. The molecule has 0 radical (unpaired) electrons. The third-order valence-corrected chi connectivity index (χ3v) is 31.6. The molecule has 0 atom stereocenters. The standard InChI is InChI=1S/C48H56S5.2C24BF20/c1-5-9-13-37-17-25-41(26-18-37)52(42-27-19-38(20-28-42)14-10-6-2)47-35-33-45(50-47)49-46-34-36-48(51-46)53(43-29-21-39(22-30-43)15-11-7-3)44-31-23-40(24-32-44)16-12-8-4;2*26-5-1(6(27)14(35)21(42)13(5)34)25(2-7(28)15(36)22(43)16(37)8(2)29,3-9(30)17(38)23(44)18(39)10(3)31)4-11(32)19(40)24(45)20(41)12(4)33/h17-36H,5-16H2,1-4H3;;/q+2;2*-1. The van der Waals surface area contributed by atoms with E-state index in [4.69, 9.17) is 0 Å². The Morgan fingerprint density at radius 3 is 0.427 bits per heavy atom. The fourth-order valence-corrected chi connectivity index (χ4v) is 25.4. The zero-order valence-corrected chi connectivity index (χ0v) is 76.4. The fraction of sp³-hybridized carbons (Fsp3) is 0.167. The molecule has 14 aromatic rings. The number of benzene rings is 12. The summed E-state index contributed by atoms with van der Waals surface area (Å²) in [7, 11) is -0.261. The van der Waals surface area contributed by atoms with Crippen LogP contribution in [0.1, 0.15) is 101 Å². The predicted octanol–water partition coefficient (Wildman–Crippen LogP) is 27.2. The lowest BCUT2D eigenvalue weighted by Crippen LogP contribution is -2.81. The van der Waals surface area contributed by atoms with Gasteiger partial charge in [-0.1, -0.05) is 136 Å². The average Bonchev–Trinajstić information content (AvgIpc) is 0.892. The monoisotopic (exact) mass is 2150 g/mol. The Kier molecular flexibility index (Phi) is 34.3. The molecule has 0 amide bonds. The van der Waals surface area contributed by atoms with Crippen LogP contribution in [0.25, 0.3) is 0 Å². The van der Waals surface area contributed by atoms with Gasteiger partial charge in [0, 0.05) is 12.1 Å². The van der Waals surface area contributed by atoms with Crippen LogP contribution in [0.15, 0.2) is 158 Å². The van der Waals surface area contributed by atoms with Gasteiger partial charge in [0.05, 0.1) is 8.42 Å². The van der Waals surface area contributed by atoms with Gasteiger partial charge in [0.15, 0.2) is 159 Å². The molecule has 2 heterocycles. The molecule has 0 aliphatic heterocycles. The van der Waals surface area contributed by atoms with Crippen molar-refractivity contribution < 1.29 is 176 Å². The molecule has 47 heteroatoms. The summed E-state index contributed by atoms with van der Waals surface area (Å²) in [6.45, 7) is 9.10. The molecule has 12 aromatic carbocycles. The zero-order valence-electron chi connectivity index (χ0n) is 72.3. The molecule has 0 aliphatic rings. The Morgan fingerprint density at radius 1 is 0.175 bits per heavy atom. The molecule has 0 nitrogen and oxygen atoms in total. The molecular weight excluding hydrogens is 2090 g/mol. The third kappa shape index (κ3) is 19.7. The number of unbranched alkanes of at least 4 members (excludes halogenated alkanes) is 4. The maximum Gasteiger partial charge on any atom is 0.221 e. The Balaban J connectivity index is 0.000000192. The van der Waals surface area contributed by atoms with Crippen LogP contribution in [-0.2, 0) is 47.5 Å². The fourth-order valence-electron chi connectivity index (χ4n) is 16.2. The first-order chi connectivity index (χ1) is 67.5. The van der Waals surface area contributed by atoms with E-state index in [0.29, 0.717) is 0 Å². The van der Waals surface area contributed by atoms with Gasteiger partial charge in [-0.15, -0.1) is 43.7 Å². The Labute approximate surface area is 801 Å². The summed E-state index contributed by atoms with van der Waals surface area (Å²) in [4.78, 5) is 5.64. The van der Waals surface area contributed by atoms with Gasteiger partial charge in [0.1, 0.15) is 127 Å². The lowest BCUT2D eigenvalue weighted by atomic mass is 9.12. The van der Waals surface area contributed by atoms with Gasteiger partial charge in [-0.2, -0.15) is 0 Å². The van der Waals surface area contributed by atoms with Crippen molar-refractivity contribution in [3.8, 4) is 0 Å². The summed E-state index contributed by atoms with van der Waals surface area (Å²) >= 11 is 5.88. The molecule has 0 saturated heterocycles. The molecule has 2 aromatic heterocycles. The molecule has 0 bridgehead atoms. The van der Waals surface area contributed by atoms with Crippen LogP contribution in [0.3, 0.4) is 0 Å². The van der Waals surface area contributed by atoms with Crippen molar-refractivity contribution in [2.75, 3.05) is 0 Å². The van der Waals surface area contributed by atoms with E-state index in [9.17, 15) is 105 Å². The number of hydrogen-bond donors (Lipinski definition) is 0. The summed E-state index contributed by atoms with van der Waals surface area (Å²) in [6.07, 6.45) is 0.140. The van der Waals surface area contributed by atoms with Crippen LogP contribution < -0.4 is 43.7 Å². The van der Waals surface area contributed by atoms with E-state index in [0.717, 1.165) is 25.7 Å². The molecule has 0 unspecified atom stereocenters. The van der Waals surface area contributed by atoms with E-state index in [1.165, 1.54) is 110 Å².